The van der Waals surface area contributed by atoms with Crippen LogP contribution in [0.3, 0.4) is 0 Å². The molecule has 1 aromatic heterocycles. The zero-order chi connectivity index (χ0) is 14.0. The Labute approximate surface area is 109 Å². The van der Waals surface area contributed by atoms with Crippen LogP contribution in [0, 0.1) is 0 Å². The number of nitrogens with zero attached hydrogens (tertiary/aromatic N) is 1. The molecule has 0 aliphatic heterocycles. The number of nitrogens with one attached hydrogen (secondary N) is 1. The van der Waals surface area contributed by atoms with E-state index in [-0.39, 0.29) is 16.5 Å². The van der Waals surface area contributed by atoms with Crippen LogP contribution in [0.4, 0.5) is 24.0 Å². The van der Waals surface area contributed by atoms with Gasteiger partial charge in [0.1, 0.15) is 0 Å². The van der Waals surface area contributed by atoms with Gasteiger partial charge in [0.2, 0.25) is 0 Å². The molecule has 0 aliphatic carbocycles. The Morgan fingerprint density at radius 2 is 2.11 bits per heavy atom. The van der Waals surface area contributed by atoms with E-state index in [0.717, 1.165) is 23.5 Å². The molecule has 0 saturated heterocycles. The molecule has 8 heteroatoms. The summed E-state index contributed by atoms with van der Waals surface area (Å²) in [5.41, 5.74) is -0.742. The fourth-order valence-corrected chi connectivity index (χ4v) is 2.03. The fourth-order valence-electron chi connectivity index (χ4n) is 1.33. The molecule has 0 unspecified atom stereocenters. The van der Waals surface area contributed by atoms with E-state index in [1.54, 1.807) is 0 Å². The van der Waals surface area contributed by atoms with E-state index < -0.39 is 17.7 Å². The molecule has 0 saturated carbocycles. The minimum atomic E-state index is -4.42. The molecule has 0 aliphatic rings. The van der Waals surface area contributed by atoms with E-state index >= 15 is 0 Å². The van der Waals surface area contributed by atoms with Crippen molar-refractivity contribution in [2.75, 3.05) is 5.32 Å². The fraction of sp³-hybridized carbons (Fsp3) is 0.0909. The topological polar surface area (TPSA) is 62.2 Å². The second-order valence-electron chi connectivity index (χ2n) is 3.55. The number of carboxylic acids is 1. The summed E-state index contributed by atoms with van der Waals surface area (Å²) in [6, 6.07) is 4.59. The Morgan fingerprint density at radius 3 is 2.68 bits per heavy atom. The van der Waals surface area contributed by atoms with Gasteiger partial charge in [0.25, 0.3) is 0 Å². The van der Waals surface area contributed by atoms with Crippen LogP contribution in [0.25, 0.3) is 0 Å². The van der Waals surface area contributed by atoms with Gasteiger partial charge in [-0.1, -0.05) is 6.07 Å². The lowest BCUT2D eigenvalue weighted by Gasteiger charge is -2.08. The van der Waals surface area contributed by atoms with E-state index in [2.05, 4.69) is 10.3 Å². The van der Waals surface area contributed by atoms with Crippen LogP contribution in [0.1, 0.15) is 16.1 Å². The van der Waals surface area contributed by atoms with Gasteiger partial charge in [-0.05, 0) is 18.2 Å². The summed E-state index contributed by atoms with van der Waals surface area (Å²) in [4.78, 5) is 14.3. The first kappa shape index (κ1) is 13.3. The smallest absolute Gasteiger partial charge is 0.416 e. The van der Waals surface area contributed by atoms with Crippen LogP contribution in [0.2, 0.25) is 0 Å². The number of hydrogen-bond donors (Lipinski definition) is 2. The van der Waals surface area contributed by atoms with E-state index in [1.807, 2.05) is 0 Å². The van der Waals surface area contributed by atoms with Crippen molar-refractivity contribution in [2.24, 2.45) is 0 Å². The summed E-state index contributed by atoms with van der Waals surface area (Å²) in [5, 5.41) is 12.8. The standard InChI is InChI=1S/C11H7F3N2O2S/c12-11(13,14)6-2-1-3-7(4-6)15-10-16-8(5-19-10)9(17)18/h1-5H,(H,15,16)(H,17,18). The van der Waals surface area contributed by atoms with Gasteiger partial charge in [0.05, 0.1) is 5.56 Å². The first-order valence-corrected chi connectivity index (χ1v) is 5.87. The number of thiazole rings is 1. The van der Waals surface area contributed by atoms with Gasteiger partial charge in [-0.25, -0.2) is 9.78 Å². The third-order valence-corrected chi connectivity index (χ3v) is 2.92. The molecule has 0 fully saturated rings. The number of alkyl halides is 3. The molecule has 1 heterocycles. The van der Waals surface area contributed by atoms with E-state index in [9.17, 15) is 18.0 Å². The molecule has 0 amide bonds. The highest BCUT2D eigenvalue weighted by atomic mass is 32.1. The van der Waals surface area contributed by atoms with Gasteiger partial charge in [0, 0.05) is 11.1 Å². The number of anilines is 2. The van der Waals surface area contributed by atoms with Crippen LogP contribution >= 0.6 is 11.3 Å². The molecule has 1 aromatic carbocycles. The summed E-state index contributed by atoms with van der Waals surface area (Å²) in [5.74, 6) is -1.19. The van der Waals surface area contributed by atoms with E-state index in [4.69, 9.17) is 5.11 Å². The van der Waals surface area contributed by atoms with E-state index in [0.29, 0.717) is 0 Å². The number of aromatic nitrogens is 1. The van der Waals surface area contributed by atoms with Gasteiger partial charge in [-0.15, -0.1) is 11.3 Å². The number of hydrogen-bond acceptors (Lipinski definition) is 4. The monoisotopic (exact) mass is 288 g/mol. The summed E-state index contributed by atoms with van der Waals surface area (Å²) in [7, 11) is 0. The highest BCUT2D eigenvalue weighted by Gasteiger charge is 2.30. The van der Waals surface area contributed by atoms with Crippen molar-refractivity contribution in [2.45, 2.75) is 6.18 Å². The summed E-state index contributed by atoms with van der Waals surface area (Å²) < 4.78 is 37.5. The lowest BCUT2D eigenvalue weighted by Crippen LogP contribution is -2.05. The lowest BCUT2D eigenvalue weighted by molar-refractivity contribution is -0.137. The van der Waals surface area contributed by atoms with Gasteiger partial charge in [-0.2, -0.15) is 13.2 Å². The molecular formula is C11H7F3N2O2S. The van der Waals surface area contributed by atoms with Gasteiger partial charge in [0.15, 0.2) is 10.8 Å². The average Bonchev–Trinajstić information content (AvgIpc) is 2.77. The van der Waals surface area contributed by atoms with Crippen LogP contribution < -0.4 is 5.32 Å². The highest BCUT2D eigenvalue weighted by molar-refractivity contribution is 7.14. The lowest BCUT2D eigenvalue weighted by atomic mass is 10.2. The summed E-state index contributed by atoms with van der Waals surface area (Å²) >= 11 is 1.00. The molecule has 100 valence electrons. The SMILES string of the molecule is O=C(O)c1csc(Nc2cccc(C(F)(F)F)c2)n1. The first-order valence-electron chi connectivity index (χ1n) is 4.99. The van der Waals surface area contributed by atoms with Gasteiger partial charge in [-0.3, -0.25) is 0 Å². The predicted octanol–water partition coefficient (Wildman–Crippen LogP) is 3.60. The van der Waals surface area contributed by atoms with Crippen LogP contribution in [-0.2, 0) is 6.18 Å². The molecule has 2 aromatic rings. The Hall–Kier alpha value is -2.09. The van der Waals surface area contributed by atoms with Crippen molar-refractivity contribution in [3.8, 4) is 0 Å². The summed E-state index contributed by atoms with van der Waals surface area (Å²) in [6.07, 6.45) is -4.42. The number of benzene rings is 1. The molecule has 2 rings (SSSR count). The molecule has 0 spiro atoms. The minimum Gasteiger partial charge on any atom is -0.476 e. The summed E-state index contributed by atoms with van der Waals surface area (Å²) in [6.45, 7) is 0. The predicted molar refractivity (Wildman–Crippen MR) is 63.8 cm³/mol. The van der Waals surface area contributed by atoms with Crippen molar-refractivity contribution in [1.82, 2.24) is 4.98 Å². The van der Waals surface area contributed by atoms with Crippen molar-refractivity contribution < 1.29 is 23.1 Å². The second kappa shape index (κ2) is 4.88. The van der Waals surface area contributed by atoms with Crippen molar-refractivity contribution >= 4 is 28.1 Å². The maximum atomic E-state index is 12.5. The van der Waals surface area contributed by atoms with E-state index in [1.165, 1.54) is 17.5 Å². The zero-order valence-corrected chi connectivity index (χ0v) is 10.0. The molecule has 19 heavy (non-hydrogen) atoms. The number of aromatic carboxylic acids is 1. The molecular weight excluding hydrogens is 281 g/mol. The van der Waals surface area contributed by atoms with Gasteiger partial charge < -0.3 is 10.4 Å². The van der Waals surface area contributed by atoms with Gasteiger partial charge >= 0.3 is 12.1 Å². The number of rotatable bonds is 3. The average molecular weight is 288 g/mol. The maximum Gasteiger partial charge on any atom is 0.416 e. The normalized spacial score (nSPS) is 11.3. The Kier molecular flexibility index (Phi) is 3.43. The first-order chi connectivity index (χ1) is 8.86. The van der Waals surface area contributed by atoms with Crippen molar-refractivity contribution in [3.63, 3.8) is 0 Å². The quantitative estimate of drug-likeness (QED) is 0.905. The molecule has 2 N–H and O–H groups in total. The third kappa shape index (κ3) is 3.22. The molecule has 0 radical (unpaired) electrons. The van der Waals surface area contributed by atoms with Crippen molar-refractivity contribution in [3.05, 3.63) is 40.9 Å². The Balaban J connectivity index is 2.21. The maximum absolute atomic E-state index is 12.5. The number of carboxylic acid groups (broad SMARTS) is 1. The minimum absolute atomic E-state index is 0.153. The highest BCUT2D eigenvalue weighted by Crippen LogP contribution is 2.31. The number of carbonyl (C=O) groups is 1. The Morgan fingerprint density at radius 1 is 1.37 bits per heavy atom. The molecule has 0 bridgehead atoms. The second-order valence-corrected chi connectivity index (χ2v) is 4.40. The molecule has 0 atom stereocenters. The Bertz CT molecular complexity index is 610. The van der Waals surface area contributed by atoms with Crippen LogP contribution in [0.5, 0.6) is 0 Å². The van der Waals surface area contributed by atoms with Crippen LogP contribution in [-0.4, -0.2) is 16.1 Å². The largest absolute Gasteiger partial charge is 0.476 e. The zero-order valence-electron chi connectivity index (χ0n) is 9.23. The number of halogens is 3. The third-order valence-electron chi connectivity index (χ3n) is 2.16. The van der Waals surface area contributed by atoms with Crippen molar-refractivity contribution in [1.29, 1.82) is 0 Å². The van der Waals surface area contributed by atoms with Crippen LogP contribution in [0.15, 0.2) is 29.6 Å². The molecule has 4 nitrogen and oxygen atoms in total.